The number of fused-ring (bicyclic) bond motifs is 10. The Morgan fingerprint density at radius 1 is 0.240 bits per heavy atom. The minimum Gasteiger partial charge on any atom is -0.309 e. The Morgan fingerprint density at radius 3 is 1.19 bits per heavy atom. The molecule has 15 rings (SSSR count). The lowest BCUT2D eigenvalue weighted by atomic mass is 9.99. The fourth-order valence-corrected chi connectivity index (χ4v) is 11.5. The van der Waals surface area contributed by atoms with Gasteiger partial charge in [-0.15, -0.1) is 0 Å². The number of nitrogens with zero attached hydrogens (tertiary/aromatic N) is 6. The molecular weight excluding hydrogens is 913 g/mol. The first-order valence-electron chi connectivity index (χ1n) is 25.4. The molecule has 0 spiro atoms. The number of rotatable bonds is 8. The van der Waals surface area contributed by atoms with E-state index < -0.39 is 0 Å². The first kappa shape index (κ1) is 42.5. The van der Waals surface area contributed by atoms with Gasteiger partial charge in [0.15, 0.2) is 11.6 Å². The van der Waals surface area contributed by atoms with E-state index in [-0.39, 0.29) is 0 Å². The summed E-state index contributed by atoms with van der Waals surface area (Å²) in [5, 5.41) is 6.87. The van der Waals surface area contributed by atoms with Crippen LogP contribution in [0.1, 0.15) is 0 Å². The lowest BCUT2D eigenvalue weighted by molar-refractivity contribution is 0.953. The fourth-order valence-electron chi connectivity index (χ4n) is 11.5. The van der Waals surface area contributed by atoms with Crippen LogP contribution in [0.4, 0.5) is 0 Å². The predicted molar refractivity (Wildman–Crippen MR) is 310 cm³/mol. The van der Waals surface area contributed by atoms with Crippen LogP contribution in [0.15, 0.2) is 267 Å². The van der Waals surface area contributed by atoms with Crippen molar-refractivity contribution in [1.29, 1.82) is 0 Å². The predicted octanol–water partition coefficient (Wildman–Crippen LogP) is 17.5. The number of hydrogen-bond donors (Lipinski definition) is 0. The SMILES string of the molecule is c1ccc(-c2ccc(-c3ccc(-c4nc(-c5ccccc5)nc(-n5c6ccccc6c6cc(-n7c8ccccc8c8ccccc87)c7c8ccccc8n(-c8ccccc8-c8ccccc8)c7c65)n4)cc3)cc2)cc1. The molecule has 6 nitrogen and oxygen atoms in total. The van der Waals surface area contributed by atoms with Gasteiger partial charge in [0.05, 0.1) is 44.5 Å². The number of hydrogen-bond acceptors (Lipinski definition) is 3. The quantitative estimate of drug-likeness (QED) is 0.152. The van der Waals surface area contributed by atoms with E-state index in [1.165, 1.54) is 21.9 Å². The van der Waals surface area contributed by atoms with Crippen molar-refractivity contribution in [1.82, 2.24) is 28.7 Å². The Bertz CT molecular complexity index is 4610. The molecule has 4 heterocycles. The molecule has 0 aliphatic heterocycles. The van der Waals surface area contributed by atoms with Crippen molar-refractivity contribution in [2.45, 2.75) is 0 Å². The molecule has 0 unspecified atom stereocenters. The third-order valence-electron chi connectivity index (χ3n) is 14.9. The minimum absolute atomic E-state index is 0.532. The summed E-state index contributed by atoms with van der Waals surface area (Å²) in [4.78, 5) is 16.3. The highest BCUT2D eigenvalue weighted by molar-refractivity contribution is 6.27. The van der Waals surface area contributed by atoms with Gasteiger partial charge in [-0.2, -0.15) is 9.97 Å². The van der Waals surface area contributed by atoms with Crippen LogP contribution < -0.4 is 0 Å². The Morgan fingerprint density at radius 2 is 0.627 bits per heavy atom. The molecule has 75 heavy (non-hydrogen) atoms. The van der Waals surface area contributed by atoms with Gasteiger partial charge in [-0.05, 0) is 64.2 Å². The monoisotopic (exact) mass is 956 g/mol. The summed E-state index contributed by atoms with van der Waals surface area (Å²) in [6.07, 6.45) is 0. The lowest BCUT2D eigenvalue weighted by Gasteiger charge is -2.17. The molecule has 6 heteroatoms. The van der Waals surface area contributed by atoms with E-state index in [4.69, 9.17) is 15.0 Å². The molecule has 0 atom stereocenters. The molecule has 15 aromatic rings. The molecule has 0 fully saturated rings. The van der Waals surface area contributed by atoms with Gasteiger partial charge in [-0.25, -0.2) is 4.98 Å². The van der Waals surface area contributed by atoms with E-state index in [1.54, 1.807) is 0 Å². The molecule has 0 radical (unpaired) electrons. The number of aromatic nitrogens is 6. The van der Waals surface area contributed by atoms with Crippen molar-refractivity contribution >= 4 is 65.4 Å². The zero-order valence-corrected chi connectivity index (χ0v) is 40.6. The second kappa shape index (κ2) is 17.3. The molecule has 350 valence electrons. The summed E-state index contributed by atoms with van der Waals surface area (Å²) >= 11 is 0. The van der Waals surface area contributed by atoms with E-state index >= 15 is 0 Å². The van der Waals surface area contributed by atoms with Gasteiger partial charge in [0, 0.05) is 49.0 Å². The highest BCUT2D eigenvalue weighted by Crippen LogP contribution is 2.47. The smallest absolute Gasteiger partial charge is 0.238 e. The van der Waals surface area contributed by atoms with Crippen LogP contribution in [0.25, 0.3) is 139 Å². The van der Waals surface area contributed by atoms with Crippen molar-refractivity contribution in [3.05, 3.63) is 267 Å². The third-order valence-corrected chi connectivity index (χ3v) is 14.9. The number of benzene rings is 11. The highest BCUT2D eigenvalue weighted by atomic mass is 15.2. The second-order valence-corrected chi connectivity index (χ2v) is 19.1. The second-order valence-electron chi connectivity index (χ2n) is 19.1. The minimum atomic E-state index is 0.532. The van der Waals surface area contributed by atoms with Crippen LogP contribution in [0.2, 0.25) is 0 Å². The van der Waals surface area contributed by atoms with Gasteiger partial charge in [0.25, 0.3) is 0 Å². The summed E-state index contributed by atoms with van der Waals surface area (Å²) in [5.74, 6) is 1.71. The molecule has 0 aliphatic rings. The standard InChI is InChI=1S/C69H44N6/c1-4-20-45(21-5-1)46-36-38-47(39-37-46)48-40-42-51(43-41-48)68-70-67(50-24-8-3-9-25-50)71-69(72-68)75-61-34-18-13-29-55(61)57-44-63(73-59-32-16-11-27-53(59)54-28-12-17-33-60(54)73)64-56-30-14-19-35-62(56)74(66(64)65(57)75)58-31-15-10-26-52(58)49-22-6-2-7-23-49/h1-44H. The van der Waals surface area contributed by atoms with Crippen LogP contribution in [-0.2, 0) is 0 Å². The van der Waals surface area contributed by atoms with Crippen molar-refractivity contribution in [3.8, 4) is 73.5 Å². The summed E-state index contributed by atoms with van der Waals surface area (Å²) in [6.45, 7) is 0. The van der Waals surface area contributed by atoms with Crippen molar-refractivity contribution < 1.29 is 0 Å². The summed E-state index contributed by atoms with van der Waals surface area (Å²) in [5.41, 5.74) is 17.3. The maximum atomic E-state index is 5.53. The average Bonchev–Trinajstić information content (AvgIpc) is 4.26. The molecular formula is C69H44N6. The Hall–Kier alpha value is -10.2. The Balaban J connectivity index is 1.04. The van der Waals surface area contributed by atoms with E-state index in [0.29, 0.717) is 17.6 Å². The van der Waals surface area contributed by atoms with Crippen LogP contribution >= 0.6 is 0 Å². The first-order valence-corrected chi connectivity index (χ1v) is 25.4. The van der Waals surface area contributed by atoms with Gasteiger partial charge in [0.2, 0.25) is 5.95 Å². The Kier molecular flexibility index (Phi) is 9.78. The highest BCUT2D eigenvalue weighted by Gasteiger charge is 2.28. The maximum absolute atomic E-state index is 5.53. The molecule has 4 aromatic heterocycles. The fraction of sp³-hybridized carbons (Fsp3) is 0. The molecule has 0 bridgehead atoms. The third kappa shape index (κ3) is 6.84. The summed E-state index contributed by atoms with van der Waals surface area (Å²) in [6, 6.07) is 95.2. The van der Waals surface area contributed by atoms with Crippen LogP contribution in [-0.4, -0.2) is 28.7 Å². The molecule has 0 N–H and O–H groups in total. The van der Waals surface area contributed by atoms with Crippen molar-refractivity contribution in [2.24, 2.45) is 0 Å². The Labute approximate surface area is 432 Å². The van der Waals surface area contributed by atoms with Crippen molar-refractivity contribution in [2.75, 3.05) is 0 Å². The van der Waals surface area contributed by atoms with Crippen molar-refractivity contribution in [3.63, 3.8) is 0 Å². The lowest BCUT2D eigenvalue weighted by Crippen LogP contribution is -2.07. The van der Waals surface area contributed by atoms with E-state index in [1.807, 2.05) is 18.2 Å². The molecule has 11 aromatic carbocycles. The van der Waals surface area contributed by atoms with Gasteiger partial charge in [-0.3, -0.25) is 4.57 Å². The topological polar surface area (TPSA) is 53.5 Å². The summed E-state index contributed by atoms with van der Waals surface area (Å²) < 4.78 is 7.27. The first-order chi connectivity index (χ1) is 37.2. The zero-order valence-electron chi connectivity index (χ0n) is 40.6. The molecule has 0 amide bonds. The largest absolute Gasteiger partial charge is 0.309 e. The van der Waals surface area contributed by atoms with E-state index in [2.05, 4.69) is 262 Å². The summed E-state index contributed by atoms with van der Waals surface area (Å²) in [7, 11) is 0. The normalized spacial score (nSPS) is 11.7. The van der Waals surface area contributed by atoms with Gasteiger partial charge in [0.1, 0.15) is 0 Å². The average molecular weight is 957 g/mol. The number of para-hydroxylation sites is 5. The molecule has 0 saturated carbocycles. The van der Waals surface area contributed by atoms with E-state index in [0.717, 1.165) is 99.4 Å². The zero-order chi connectivity index (χ0) is 49.4. The van der Waals surface area contributed by atoms with E-state index in [9.17, 15) is 0 Å². The molecule has 0 saturated heterocycles. The van der Waals surface area contributed by atoms with Gasteiger partial charge < -0.3 is 9.13 Å². The van der Waals surface area contributed by atoms with Crippen LogP contribution in [0, 0.1) is 0 Å². The van der Waals surface area contributed by atoms with Gasteiger partial charge in [-0.1, -0.05) is 231 Å². The van der Waals surface area contributed by atoms with Crippen LogP contribution in [0.3, 0.4) is 0 Å². The molecule has 0 aliphatic carbocycles. The maximum Gasteiger partial charge on any atom is 0.238 e. The van der Waals surface area contributed by atoms with Gasteiger partial charge >= 0.3 is 0 Å². The van der Waals surface area contributed by atoms with Crippen LogP contribution in [0.5, 0.6) is 0 Å².